The minimum Gasteiger partial charge on any atom is -0.381 e. The number of aliphatic imine (C=N–C) groups is 1. The molecule has 0 radical (unpaired) electrons. The number of hydrogen-bond acceptors (Lipinski definition) is 3. The summed E-state index contributed by atoms with van der Waals surface area (Å²) in [6.45, 7) is 12.3. The lowest BCUT2D eigenvalue weighted by molar-refractivity contribution is 0.130. The molecule has 0 atom stereocenters. The third kappa shape index (κ3) is 18.0. The standard InChI is InChI=1S/C15H31N3OS.HI/c1-4-7-11-19-12-8-9-17-15(16-6-3)18-10-14-20-13-5-2;/h5H,2,4,6-14H2,1,3H3,(H2,16,17,18);1H. The van der Waals surface area contributed by atoms with Gasteiger partial charge in [0.2, 0.25) is 0 Å². The Bertz CT molecular complexity index is 253. The average molecular weight is 429 g/mol. The van der Waals surface area contributed by atoms with Crippen LogP contribution in [0.3, 0.4) is 0 Å². The Morgan fingerprint density at radius 1 is 1.24 bits per heavy atom. The summed E-state index contributed by atoms with van der Waals surface area (Å²) in [5.41, 5.74) is 0. The largest absolute Gasteiger partial charge is 0.381 e. The third-order valence-electron chi connectivity index (χ3n) is 2.48. The minimum absolute atomic E-state index is 0. The molecule has 0 saturated heterocycles. The van der Waals surface area contributed by atoms with E-state index in [2.05, 4.69) is 36.1 Å². The van der Waals surface area contributed by atoms with Crippen LogP contribution < -0.4 is 10.6 Å². The Balaban J connectivity index is 0. The molecule has 0 aliphatic heterocycles. The molecule has 21 heavy (non-hydrogen) atoms. The molecule has 2 N–H and O–H groups in total. The molecule has 0 spiro atoms. The van der Waals surface area contributed by atoms with Gasteiger partial charge in [-0.05, 0) is 19.8 Å². The molecule has 0 unspecified atom stereocenters. The van der Waals surface area contributed by atoms with E-state index in [0.717, 1.165) is 63.2 Å². The average Bonchev–Trinajstić information content (AvgIpc) is 2.46. The van der Waals surface area contributed by atoms with Gasteiger partial charge >= 0.3 is 0 Å². The third-order valence-corrected chi connectivity index (χ3v) is 3.44. The summed E-state index contributed by atoms with van der Waals surface area (Å²) in [4.78, 5) is 4.53. The molecule has 0 heterocycles. The van der Waals surface area contributed by atoms with E-state index in [4.69, 9.17) is 4.74 Å². The Morgan fingerprint density at radius 3 is 2.67 bits per heavy atom. The lowest BCUT2D eigenvalue weighted by Crippen LogP contribution is -2.38. The number of nitrogens with zero attached hydrogens (tertiary/aromatic N) is 1. The van der Waals surface area contributed by atoms with Crippen molar-refractivity contribution in [2.24, 2.45) is 4.99 Å². The number of hydrogen-bond donors (Lipinski definition) is 2. The summed E-state index contributed by atoms with van der Waals surface area (Å²) in [5, 5.41) is 6.59. The molecule has 0 bridgehead atoms. The van der Waals surface area contributed by atoms with E-state index in [9.17, 15) is 0 Å². The molecular weight excluding hydrogens is 397 g/mol. The number of ether oxygens (including phenoxy) is 1. The van der Waals surface area contributed by atoms with Gasteiger partial charge in [-0.15, -0.1) is 30.6 Å². The first-order chi connectivity index (χ1) is 9.85. The quantitative estimate of drug-likeness (QED) is 0.155. The van der Waals surface area contributed by atoms with Gasteiger partial charge in [-0.3, -0.25) is 4.99 Å². The minimum atomic E-state index is 0. The molecule has 4 nitrogen and oxygen atoms in total. The van der Waals surface area contributed by atoms with Crippen LogP contribution in [0.4, 0.5) is 0 Å². The van der Waals surface area contributed by atoms with Crippen molar-refractivity contribution in [1.29, 1.82) is 0 Å². The van der Waals surface area contributed by atoms with E-state index < -0.39 is 0 Å². The summed E-state index contributed by atoms with van der Waals surface area (Å²) in [6.07, 6.45) is 5.25. The highest BCUT2D eigenvalue weighted by Crippen LogP contribution is 1.97. The predicted molar refractivity (Wildman–Crippen MR) is 107 cm³/mol. The normalized spacial score (nSPS) is 10.9. The zero-order valence-electron chi connectivity index (χ0n) is 13.5. The summed E-state index contributed by atoms with van der Waals surface area (Å²) < 4.78 is 5.52. The number of unbranched alkanes of at least 4 members (excludes halogenated alkanes) is 1. The van der Waals surface area contributed by atoms with E-state index in [1.807, 2.05) is 17.8 Å². The number of rotatable bonds is 13. The van der Waals surface area contributed by atoms with Crippen LogP contribution in [-0.2, 0) is 4.74 Å². The van der Waals surface area contributed by atoms with Crippen LogP contribution in [0.1, 0.15) is 33.1 Å². The summed E-state index contributed by atoms with van der Waals surface area (Å²) in [5.74, 6) is 2.97. The zero-order chi connectivity index (χ0) is 14.9. The first-order valence-electron chi connectivity index (χ1n) is 7.63. The van der Waals surface area contributed by atoms with E-state index >= 15 is 0 Å². The number of thioether (sulfide) groups is 1. The van der Waals surface area contributed by atoms with Crippen LogP contribution in [0.5, 0.6) is 0 Å². The maximum atomic E-state index is 5.52. The summed E-state index contributed by atoms with van der Waals surface area (Å²) in [6, 6.07) is 0. The van der Waals surface area contributed by atoms with Gasteiger partial charge in [0.05, 0.1) is 0 Å². The summed E-state index contributed by atoms with van der Waals surface area (Å²) >= 11 is 1.87. The van der Waals surface area contributed by atoms with Crippen LogP contribution in [0.15, 0.2) is 17.6 Å². The molecule has 0 rings (SSSR count). The number of nitrogens with one attached hydrogen (secondary N) is 2. The monoisotopic (exact) mass is 429 g/mol. The van der Waals surface area contributed by atoms with Gasteiger partial charge in [0.1, 0.15) is 0 Å². The Kier molecular flexibility index (Phi) is 22.3. The van der Waals surface area contributed by atoms with Crippen LogP contribution in [0.25, 0.3) is 0 Å². The van der Waals surface area contributed by atoms with E-state index in [1.54, 1.807) is 0 Å². The first kappa shape index (κ1) is 23.3. The molecule has 0 aromatic heterocycles. The van der Waals surface area contributed by atoms with Crippen molar-refractivity contribution in [2.45, 2.75) is 33.1 Å². The van der Waals surface area contributed by atoms with Gasteiger partial charge in [-0.1, -0.05) is 19.4 Å². The zero-order valence-corrected chi connectivity index (χ0v) is 16.7. The summed E-state index contributed by atoms with van der Waals surface area (Å²) in [7, 11) is 0. The molecule has 0 aliphatic carbocycles. The van der Waals surface area contributed by atoms with Gasteiger partial charge in [0.25, 0.3) is 0 Å². The molecule has 6 heteroatoms. The molecule has 0 aromatic rings. The molecule has 0 aliphatic rings. The fraction of sp³-hybridized carbons (Fsp3) is 0.800. The van der Waals surface area contributed by atoms with Gasteiger partial charge in [-0.2, -0.15) is 11.8 Å². The van der Waals surface area contributed by atoms with E-state index in [-0.39, 0.29) is 24.0 Å². The van der Waals surface area contributed by atoms with Gasteiger partial charge < -0.3 is 15.4 Å². The van der Waals surface area contributed by atoms with Crippen LogP contribution >= 0.6 is 35.7 Å². The maximum Gasteiger partial charge on any atom is 0.191 e. The number of halogens is 1. The second-order valence-corrected chi connectivity index (χ2v) is 5.52. The fourth-order valence-corrected chi connectivity index (χ4v) is 2.04. The Hall–Kier alpha value is 0.0500. The first-order valence-corrected chi connectivity index (χ1v) is 8.79. The second kappa shape index (κ2) is 20.1. The fourth-order valence-electron chi connectivity index (χ4n) is 1.46. The lowest BCUT2D eigenvalue weighted by Gasteiger charge is -2.10. The van der Waals surface area contributed by atoms with E-state index in [0.29, 0.717) is 0 Å². The molecule has 126 valence electrons. The van der Waals surface area contributed by atoms with Gasteiger partial charge in [0.15, 0.2) is 5.96 Å². The Morgan fingerprint density at radius 2 is 2.00 bits per heavy atom. The van der Waals surface area contributed by atoms with Crippen molar-refractivity contribution >= 4 is 41.7 Å². The molecule has 0 saturated carbocycles. The molecule has 0 aromatic carbocycles. The van der Waals surface area contributed by atoms with Crippen LogP contribution in [-0.4, -0.2) is 50.3 Å². The highest BCUT2D eigenvalue weighted by atomic mass is 127. The maximum absolute atomic E-state index is 5.52. The molecule has 0 amide bonds. The second-order valence-electron chi connectivity index (χ2n) is 4.37. The van der Waals surface area contributed by atoms with Gasteiger partial charge in [-0.25, -0.2) is 0 Å². The SMILES string of the molecule is C=CCSCCNC(=NCCCOCCCC)NCC.I. The Labute approximate surface area is 152 Å². The van der Waals surface area contributed by atoms with E-state index in [1.165, 1.54) is 6.42 Å². The molecular formula is C15H32IN3OS. The van der Waals surface area contributed by atoms with Crippen molar-refractivity contribution < 1.29 is 4.74 Å². The molecule has 0 fully saturated rings. The van der Waals surface area contributed by atoms with Crippen molar-refractivity contribution in [3.05, 3.63) is 12.7 Å². The predicted octanol–water partition coefficient (Wildman–Crippen LogP) is 3.29. The lowest BCUT2D eigenvalue weighted by atomic mass is 10.4. The van der Waals surface area contributed by atoms with Crippen molar-refractivity contribution in [2.75, 3.05) is 44.4 Å². The smallest absolute Gasteiger partial charge is 0.191 e. The highest BCUT2D eigenvalue weighted by Gasteiger charge is 1.96. The van der Waals surface area contributed by atoms with Crippen LogP contribution in [0, 0.1) is 0 Å². The van der Waals surface area contributed by atoms with Crippen molar-refractivity contribution in [1.82, 2.24) is 10.6 Å². The van der Waals surface area contributed by atoms with Crippen LogP contribution in [0.2, 0.25) is 0 Å². The number of guanidine groups is 1. The topological polar surface area (TPSA) is 45.7 Å². The highest BCUT2D eigenvalue weighted by molar-refractivity contribution is 14.0. The van der Waals surface area contributed by atoms with Crippen molar-refractivity contribution in [3.8, 4) is 0 Å². The van der Waals surface area contributed by atoms with Gasteiger partial charge in [0, 0.05) is 44.4 Å². The van der Waals surface area contributed by atoms with Crippen molar-refractivity contribution in [3.63, 3.8) is 0 Å².